The molecule has 1 fully saturated rings. The summed E-state index contributed by atoms with van der Waals surface area (Å²) in [7, 11) is 0. The maximum Gasteiger partial charge on any atom is 0.209 e. The molecule has 0 aromatic heterocycles. The van der Waals surface area contributed by atoms with Crippen molar-refractivity contribution in [3.63, 3.8) is 0 Å². The Bertz CT molecular complexity index is 331. The molecule has 0 radical (unpaired) electrons. The first-order chi connectivity index (χ1) is 8.63. The van der Waals surface area contributed by atoms with E-state index < -0.39 is 0 Å². The van der Waals surface area contributed by atoms with E-state index in [4.69, 9.17) is 0 Å². The van der Waals surface area contributed by atoms with Gasteiger partial charge in [-0.3, -0.25) is 4.79 Å². The second-order valence-electron chi connectivity index (χ2n) is 5.01. The molecule has 1 saturated heterocycles. The van der Waals surface area contributed by atoms with E-state index in [-0.39, 0.29) is 11.7 Å². The molecule has 0 aromatic carbocycles. The summed E-state index contributed by atoms with van der Waals surface area (Å²) in [5, 5.41) is 0. The summed E-state index contributed by atoms with van der Waals surface area (Å²) >= 11 is 0. The molecule has 0 bridgehead atoms. The third-order valence-corrected chi connectivity index (χ3v) is 3.79. The molecule has 102 valence electrons. The number of allylic oxidation sites excluding steroid dienone is 4. The first-order valence-electron chi connectivity index (χ1n) is 6.82. The van der Waals surface area contributed by atoms with Crippen LogP contribution in [0.25, 0.3) is 0 Å². The van der Waals surface area contributed by atoms with Crippen LogP contribution in [0.3, 0.4) is 0 Å². The smallest absolute Gasteiger partial charge is 0.209 e. The quantitative estimate of drug-likeness (QED) is 0.540. The van der Waals surface area contributed by atoms with E-state index in [1.807, 2.05) is 24.0 Å². The number of hydrogen-bond acceptors (Lipinski definition) is 1. The molecule has 3 heteroatoms. The highest BCUT2D eigenvalue weighted by Crippen LogP contribution is 2.33. The normalized spacial score (nSPS) is 24.0. The molecule has 0 aromatic rings. The molecule has 1 heterocycles. The average molecular weight is 253 g/mol. The molecule has 1 rings (SSSR count). The molecular weight excluding hydrogens is 229 g/mol. The maximum atomic E-state index is 13.7. The number of piperidine rings is 1. The molecule has 1 aliphatic heterocycles. The van der Waals surface area contributed by atoms with Crippen molar-refractivity contribution in [1.29, 1.82) is 0 Å². The largest absolute Gasteiger partial charge is 0.345 e. The molecular formula is C15H24FNO. The highest BCUT2D eigenvalue weighted by Gasteiger charge is 2.28. The summed E-state index contributed by atoms with van der Waals surface area (Å²) < 4.78 is 13.7. The number of hydrogen-bond donors (Lipinski definition) is 0. The molecule has 1 aliphatic rings. The van der Waals surface area contributed by atoms with Crippen molar-refractivity contribution in [2.75, 3.05) is 13.1 Å². The Morgan fingerprint density at radius 2 is 2.28 bits per heavy atom. The standard InChI is InChI=1S/C15H24FNO/c1-4-7-15(12(3)16)14(5-2)13-8-6-9-17(10-13)11-18/h4,7,11,13-14H,5-6,8-10H2,1-3H3/b7-4-,15-12-. The van der Waals surface area contributed by atoms with Gasteiger partial charge >= 0.3 is 0 Å². The van der Waals surface area contributed by atoms with Crippen molar-refractivity contribution in [3.8, 4) is 0 Å². The van der Waals surface area contributed by atoms with Gasteiger partial charge in [0, 0.05) is 13.1 Å². The van der Waals surface area contributed by atoms with E-state index in [1.54, 1.807) is 0 Å². The van der Waals surface area contributed by atoms with Gasteiger partial charge in [-0.25, -0.2) is 4.39 Å². The Labute approximate surface area is 110 Å². The fourth-order valence-electron chi connectivity index (χ4n) is 2.95. The molecule has 0 aliphatic carbocycles. The lowest BCUT2D eigenvalue weighted by atomic mass is 9.79. The summed E-state index contributed by atoms with van der Waals surface area (Å²) in [5.74, 6) is 0.503. The van der Waals surface area contributed by atoms with Gasteiger partial charge in [-0.2, -0.15) is 0 Å². The SMILES string of the molecule is C/C=C\C(=C(/C)F)C(CC)C1CCCN(C=O)C1. The molecule has 2 nitrogen and oxygen atoms in total. The van der Waals surface area contributed by atoms with Crippen molar-refractivity contribution in [3.05, 3.63) is 23.6 Å². The fourth-order valence-corrected chi connectivity index (χ4v) is 2.95. The summed E-state index contributed by atoms with van der Waals surface area (Å²) in [6, 6.07) is 0. The van der Waals surface area contributed by atoms with E-state index in [2.05, 4.69) is 6.92 Å². The number of halogens is 1. The van der Waals surface area contributed by atoms with Crippen molar-refractivity contribution >= 4 is 6.41 Å². The van der Waals surface area contributed by atoms with Gasteiger partial charge in [0.15, 0.2) is 0 Å². The molecule has 0 N–H and O–H groups in total. The first kappa shape index (κ1) is 14.9. The molecule has 18 heavy (non-hydrogen) atoms. The van der Waals surface area contributed by atoms with Gasteiger partial charge in [-0.1, -0.05) is 19.1 Å². The van der Waals surface area contributed by atoms with Crippen molar-refractivity contribution < 1.29 is 9.18 Å². The van der Waals surface area contributed by atoms with Gasteiger partial charge in [0.2, 0.25) is 6.41 Å². The van der Waals surface area contributed by atoms with Crippen LogP contribution in [0.5, 0.6) is 0 Å². The predicted molar refractivity (Wildman–Crippen MR) is 72.8 cm³/mol. The molecule has 0 spiro atoms. The Kier molecular flexibility index (Phi) is 6.10. The molecule has 2 unspecified atom stereocenters. The van der Waals surface area contributed by atoms with Crippen LogP contribution in [0.4, 0.5) is 4.39 Å². The van der Waals surface area contributed by atoms with Crippen molar-refractivity contribution in [1.82, 2.24) is 4.90 Å². The van der Waals surface area contributed by atoms with Gasteiger partial charge in [-0.15, -0.1) is 0 Å². The van der Waals surface area contributed by atoms with Gasteiger partial charge in [0.1, 0.15) is 5.83 Å². The number of carbonyl (C=O) groups excluding carboxylic acids is 1. The fraction of sp³-hybridized carbons (Fsp3) is 0.667. The predicted octanol–water partition coefficient (Wildman–Crippen LogP) is 3.70. The minimum atomic E-state index is -0.0943. The summed E-state index contributed by atoms with van der Waals surface area (Å²) in [6.07, 6.45) is 7.70. The first-order valence-corrected chi connectivity index (χ1v) is 6.82. The number of carbonyl (C=O) groups is 1. The summed E-state index contributed by atoms with van der Waals surface area (Å²) in [5.41, 5.74) is 0.803. The van der Waals surface area contributed by atoms with Gasteiger partial charge in [-0.05, 0) is 50.5 Å². The zero-order chi connectivity index (χ0) is 13.5. The van der Waals surface area contributed by atoms with Crippen LogP contribution in [-0.4, -0.2) is 24.4 Å². The second kappa shape index (κ2) is 7.34. The number of amides is 1. The third-order valence-electron chi connectivity index (χ3n) is 3.79. The van der Waals surface area contributed by atoms with E-state index >= 15 is 0 Å². The highest BCUT2D eigenvalue weighted by molar-refractivity contribution is 5.47. The van der Waals surface area contributed by atoms with E-state index in [0.29, 0.717) is 5.92 Å². The lowest BCUT2D eigenvalue weighted by Crippen LogP contribution is -2.37. The van der Waals surface area contributed by atoms with E-state index in [1.165, 1.54) is 6.92 Å². The topological polar surface area (TPSA) is 20.3 Å². The minimum absolute atomic E-state index is 0.0943. The Hall–Kier alpha value is -1.12. The van der Waals surface area contributed by atoms with Gasteiger partial charge in [0.05, 0.1) is 0 Å². The lowest BCUT2D eigenvalue weighted by Gasteiger charge is -2.35. The Morgan fingerprint density at radius 3 is 2.78 bits per heavy atom. The molecule has 1 amide bonds. The Balaban J connectivity index is 2.87. The highest BCUT2D eigenvalue weighted by atomic mass is 19.1. The number of nitrogens with zero attached hydrogens (tertiary/aromatic N) is 1. The zero-order valence-corrected chi connectivity index (χ0v) is 11.7. The van der Waals surface area contributed by atoms with Gasteiger partial charge in [0.25, 0.3) is 0 Å². The molecule has 0 saturated carbocycles. The average Bonchev–Trinajstić information content (AvgIpc) is 2.38. The van der Waals surface area contributed by atoms with Crippen molar-refractivity contribution in [2.45, 2.75) is 40.0 Å². The zero-order valence-electron chi connectivity index (χ0n) is 11.7. The van der Waals surface area contributed by atoms with E-state index in [9.17, 15) is 9.18 Å². The maximum absolute atomic E-state index is 13.7. The van der Waals surface area contributed by atoms with Crippen LogP contribution >= 0.6 is 0 Å². The second-order valence-corrected chi connectivity index (χ2v) is 5.01. The van der Waals surface area contributed by atoms with Crippen LogP contribution in [0.1, 0.15) is 40.0 Å². The third kappa shape index (κ3) is 3.69. The summed E-state index contributed by atoms with van der Waals surface area (Å²) in [6.45, 7) is 7.13. The van der Waals surface area contributed by atoms with Crippen LogP contribution in [0.2, 0.25) is 0 Å². The van der Waals surface area contributed by atoms with Crippen LogP contribution in [-0.2, 0) is 4.79 Å². The lowest BCUT2D eigenvalue weighted by molar-refractivity contribution is -0.120. The minimum Gasteiger partial charge on any atom is -0.345 e. The van der Waals surface area contributed by atoms with E-state index in [0.717, 1.165) is 44.3 Å². The van der Waals surface area contributed by atoms with Crippen molar-refractivity contribution in [2.24, 2.45) is 11.8 Å². The monoisotopic (exact) mass is 253 g/mol. The molecule has 2 atom stereocenters. The number of likely N-dealkylation sites (tertiary alicyclic amines) is 1. The van der Waals surface area contributed by atoms with Gasteiger partial charge < -0.3 is 4.90 Å². The van der Waals surface area contributed by atoms with Crippen LogP contribution < -0.4 is 0 Å². The Morgan fingerprint density at radius 1 is 1.56 bits per heavy atom. The summed E-state index contributed by atoms with van der Waals surface area (Å²) in [4.78, 5) is 12.7. The van der Waals surface area contributed by atoms with Crippen LogP contribution in [0.15, 0.2) is 23.6 Å². The van der Waals surface area contributed by atoms with Crippen LogP contribution in [0, 0.1) is 11.8 Å². The number of rotatable bonds is 5.